The molecule has 0 bridgehead atoms. The van der Waals surface area contributed by atoms with Crippen LogP contribution in [0.25, 0.3) is 0 Å². The number of aliphatic carboxylic acids is 1. The van der Waals surface area contributed by atoms with Gasteiger partial charge in [-0.15, -0.1) is 0 Å². The van der Waals surface area contributed by atoms with Crippen LogP contribution in [0.4, 0.5) is 0 Å². The first-order valence-corrected chi connectivity index (χ1v) is 13.7. The van der Waals surface area contributed by atoms with Gasteiger partial charge in [0.05, 0.1) is 6.04 Å². The largest absolute Gasteiger partial charge is 0.480 e. The van der Waals surface area contributed by atoms with E-state index in [4.69, 9.17) is 28.7 Å². The molecule has 0 heterocycles. The number of hydrogen-bond acceptors (Lipinski definition) is 9. The Labute approximate surface area is 226 Å². The van der Waals surface area contributed by atoms with Crippen LogP contribution in [-0.2, 0) is 24.0 Å². The Kier molecular flexibility index (Phi) is 18.3. The lowest BCUT2D eigenvalue weighted by Crippen LogP contribution is -2.57. The fourth-order valence-electron chi connectivity index (χ4n) is 3.28. The highest BCUT2D eigenvalue weighted by Gasteiger charge is 2.30. The third-order valence-corrected chi connectivity index (χ3v) is 6.07. The van der Waals surface area contributed by atoms with E-state index in [0.29, 0.717) is 31.6 Å². The van der Waals surface area contributed by atoms with Gasteiger partial charge in [0.2, 0.25) is 23.6 Å². The number of thioether (sulfide) groups is 1. The summed E-state index contributed by atoms with van der Waals surface area (Å²) in [5.74, 6) is -3.64. The maximum absolute atomic E-state index is 13.1. The summed E-state index contributed by atoms with van der Waals surface area (Å²) < 4.78 is 0. The number of guanidine groups is 1. The van der Waals surface area contributed by atoms with Gasteiger partial charge in [0.15, 0.2) is 5.96 Å². The number of nitrogens with two attached hydrogens (primary N) is 5. The van der Waals surface area contributed by atoms with Crippen molar-refractivity contribution in [2.24, 2.45) is 33.7 Å². The molecule has 0 saturated carbocycles. The zero-order valence-electron chi connectivity index (χ0n) is 21.8. The third kappa shape index (κ3) is 15.9. The molecule has 0 aliphatic carbocycles. The first-order chi connectivity index (χ1) is 17.9. The lowest BCUT2D eigenvalue weighted by Gasteiger charge is -2.25. The zero-order valence-corrected chi connectivity index (χ0v) is 22.6. The van der Waals surface area contributed by atoms with Gasteiger partial charge in [-0.25, -0.2) is 4.79 Å². The number of aliphatic imine (C=N–C) groups is 1. The van der Waals surface area contributed by atoms with Crippen LogP contribution >= 0.6 is 11.8 Å². The molecule has 4 atom stereocenters. The van der Waals surface area contributed by atoms with Gasteiger partial charge in [-0.2, -0.15) is 11.8 Å². The van der Waals surface area contributed by atoms with E-state index < -0.39 is 53.8 Å². The monoisotopic (exact) mass is 561 g/mol. The molecule has 0 aromatic rings. The molecule has 4 unspecified atom stereocenters. The van der Waals surface area contributed by atoms with Crippen LogP contribution < -0.4 is 44.6 Å². The molecule has 4 amide bonds. The van der Waals surface area contributed by atoms with Crippen molar-refractivity contribution in [1.82, 2.24) is 16.0 Å². The molecular formula is C22H43N9O6S. The third-order valence-electron chi connectivity index (χ3n) is 5.42. The van der Waals surface area contributed by atoms with Crippen molar-refractivity contribution in [2.75, 3.05) is 25.1 Å². The fraction of sp³-hybridized carbons (Fsp3) is 0.727. The lowest BCUT2D eigenvalue weighted by atomic mass is 10.1. The van der Waals surface area contributed by atoms with Crippen molar-refractivity contribution in [1.29, 1.82) is 0 Å². The van der Waals surface area contributed by atoms with Gasteiger partial charge < -0.3 is 49.7 Å². The van der Waals surface area contributed by atoms with Crippen LogP contribution in [0.2, 0.25) is 0 Å². The lowest BCUT2D eigenvalue weighted by molar-refractivity contribution is -0.142. The summed E-state index contributed by atoms with van der Waals surface area (Å²) in [5.41, 5.74) is 27.1. The molecule has 0 radical (unpaired) electrons. The van der Waals surface area contributed by atoms with E-state index in [1.807, 2.05) is 6.26 Å². The Morgan fingerprint density at radius 2 is 1.39 bits per heavy atom. The van der Waals surface area contributed by atoms with Crippen LogP contribution in [0, 0.1) is 0 Å². The second-order valence-corrected chi connectivity index (χ2v) is 9.63. The van der Waals surface area contributed by atoms with Crippen molar-refractivity contribution < 1.29 is 29.1 Å². The molecular weight excluding hydrogens is 518 g/mol. The van der Waals surface area contributed by atoms with E-state index in [2.05, 4.69) is 20.9 Å². The van der Waals surface area contributed by atoms with Crippen molar-refractivity contribution in [3.63, 3.8) is 0 Å². The first-order valence-electron chi connectivity index (χ1n) is 12.3. The molecule has 0 fully saturated rings. The van der Waals surface area contributed by atoms with E-state index in [-0.39, 0.29) is 44.6 Å². The fourth-order valence-corrected chi connectivity index (χ4v) is 3.76. The number of carbonyl (C=O) groups excluding carboxylic acids is 4. The maximum atomic E-state index is 13.1. The van der Waals surface area contributed by atoms with E-state index in [1.54, 1.807) is 0 Å². The zero-order chi connectivity index (χ0) is 29.1. The number of amides is 4. The Morgan fingerprint density at radius 1 is 0.816 bits per heavy atom. The number of rotatable bonds is 21. The van der Waals surface area contributed by atoms with Gasteiger partial charge in [-0.3, -0.25) is 24.2 Å². The molecule has 0 saturated heterocycles. The maximum Gasteiger partial charge on any atom is 0.326 e. The van der Waals surface area contributed by atoms with Crippen molar-refractivity contribution >= 4 is 47.3 Å². The standard InChI is InChI=1S/C22H43N9O6S/c1-38-12-9-15(29-18(33)13(24)5-2-3-10-23)20(35)30-14(7-8-17(25)32)19(34)31-16(21(36)37)6-4-11-28-22(26)27/h13-16H,2-12,23-24H2,1H3,(H2,25,32)(H,29,33)(H,30,35)(H,31,34)(H,36,37)(H4,26,27,28). The minimum Gasteiger partial charge on any atom is -0.480 e. The summed E-state index contributed by atoms with van der Waals surface area (Å²) in [6, 6.07) is -4.41. The molecule has 0 aromatic carbocycles. The topological polar surface area (TPSA) is 284 Å². The Hall–Kier alpha value is -3.11. The Balaban J connectivity index is 5.46. The number of carboxylic acids is 1. The smallest absolute Gasteiger partial charge is 0.326 e. The molecule has 16 heteroatoms. The number of primary amides is 1. The normalized spacial score (nSPS) is 13.9. The highest BCUT2D eigenvalue weighted by atomic mass is 32.2. The van der Waals surface area contributed by atoms with Crippen LogP contribution in [-0.4, -0.2) is 89.9 Å². The van der Waals surface area contributed by atoms with Gasteiger partial charge in [0, 0.05) is 13.0 Å². The van der Waals surface area contributed by atoms with E-state index in [0.717, 1.165) is 0 Å². The van der Waals surface area contributed by atoms with E-state index in [9.17, 15) is 29.1 Å². The highest BCUT2D eigenvalue weighted by Crippen LogP contribution is 2.07. The Bertz CT molecular complexity index is 810. The molecule has 0 aliphatic heterocycles. The predicted molar refractivity (Wildman–Crippen MR) is 146 cm³/mol. The Morgan fingerprint density at radius 3 is 1.92 bits per heavy atom. The average Bonchev–Trinajstić information content (AvgIpc) is 2.85. The molecule has 38 heavy (non-hydrogen) atoms. The van der Waals surface area contributed by atoms with Gasteiger partial charge in [-0.05, 0) is 57.1 Å². The molecule has 0 rings (SSSR count). The summed E-state index contributed by atoms with van der Waals surface area (Å²) >= 11 is 1.45. The molecule has 0 spiro atoms. The number of unbranched alkanes of at least 4 members (excludes halogenated alkanes) is 1. The number of carbonyl (C=O) groups is 5. The van der Waals surface area contributed by atoms with Crippen LogP contribution in [0.1, 0.15) is 51.4 Å². The summed E-state index contributed by atoms with van der Waals surface area (Å²) in [4.78, 5) is 65.3. The molecule has 15 nitrogen and oxygen atoms in total. The molecule has 0 aromatic heterocycles. The number of nitrogens with one attached hydrogen (secondary N) is 3. The minimum atomic E-state index is -1.29. The summed E-state index contributed by atoms with van der Waals surface area (Å²) in [5, 5.41) is 17.0. The molecule has 0 aliphatic rings. The van der Waals surface area contributed by atoms with E-state index >= 15 is 0 Å². The highest BCUT2D eigenvalue weighted by molar-refractivity contribution is 7.98. The minimum absolute atomic E-state index is 0.0167. The van der Waals surface area contributed by atoms with Crippen LogP contribution in [0.5, 0.6) is 0 Å². The van der Waals surface area contributed by atoms with Crippen molar-refractivity contribution in [2.45, 2.75) is 75.5 Å². The number of carboxylic acid groups (broad SMARTS) is 1. The van der Waals surface area contributed by atoms with Gasteiger partial charge in [0.1, 0.15) is 18.1 Å². The first kappa shape index (κ1) is 34.9. The van der Waals surface area contributed by atoms with Crippen molar-refractivity contribution in [3.05, 3.63) is 0 Å². The second-order valence-electron chi connectivity index (χ2n) is 8.65. The predicted octanol–water partition coefficient (Wildman–Crippen LogP) is -2.95. The SMILES string of the molecule is CSCCC(NC(=O)C(N)CCCCN)C(=O)NC(CCC(N)=O)C(=O)NC(CCCN=C(N)N)C(=O)O. The second kappa shape index (κ2) is 19.9. The van der Waals surface area contributed by atoms with Crippen LogP contribution in [0.3, 0.4) is 0 Å². The summed E-state index contributed by atoms with van der Waals surface area (Å²) in [7, 11) is 0. The van der Waals surface area contributed by atoms with Gasteiger partial charge in [-0.1, -0.05) is 6.42 Å². The van der Waals surface area contributed by atoms with Crippen molar-refractivity contribution in [3.8, 4) is 0 Å². The summed E-state index contributed by atoms with van der Waals surface area (Å²) in [6.45, 7) is 0.635. The van der Waals surface area contributed by atoms with Crippen LogP contribution in [0.15, 0.2) is 4.99 Å². The van der Waals surface area contributed by atoms with Gasteiger partial charge >= 0.3 is 5.97 Å². The molecule has 14 N–H and O–H groups in total. The number of nitrogens with zero attached hydrogens (tertiary/aromatic N) is 1. The summed E-state index contributed by atoms with van der Waals surface area (Å²) in [6.07, 6.45) is 3.70. The quantitative estimate of drug-likeness (QED) is 0.0388. The van der Waals surface area contributed by atoms with Gasteiger partial charge in [0.25, 0.3) is 0 Å². The average molecular weight is 562 g/mol. The number of hydrogen-bond donors (Lipinski definition) is 9. The van der Waals surface area contributed by atoms with E-state index in [1.165, 1.54) is 11.8 Å². The molecule has 218 valence electrons.